The Morgan fingerprint density at radius 3 is 2.24 bits per heavy atom. The average molecular weight is 222 g/mol. The van der Waals surface area contributed by atoms with Crippen LogP contribution >= 0.6 is 0 Å². The van der Waals surface area contributed by atoms with Gasteiger partial charge in [0.1, 0.15) is 0 Å². The number of hydrogen-bond acceptors (Lipinski definition) is 2. The van der Waals surface area contributed by atoms with Crippen molar-refractivity contribution in [2.24, 2.45) is 10.2 Å². The molecule has 1 aliphatic rings. The van der Waals surface area contributed by atoms with Gasteiger partial charge >= 0.3 is 0 Å². The van der Waals surface area contributed by atoms with E-state index >= 15 is 0 Å². The van der Waals surface area contributed by atoms with E-state index in [2.05, 4.69) is 22.4 Å². The van der Waals surface area contributed by atoms with Crippen LogP contribution in [0.15, 0.2) is 64.8 Å². The monoisotopic (exact) mass is 222 g/mol. The maximum absolute atomic E-state index is 4.36. The molecule has 1 aliphatic carbocycles. The summed E-state index contributed by atoms with van der Waals surface area (Å²) in [5, 5.41) is 8.64. The van der Waals surface area contributed by atoms with Gasteiger partial charge in [0.15, 0.2) is 0 Å². The van der Waals surface area contributed by atoms with Gasteiger partial charge in [-0.05, 0) is 42.5 Å². The molecule has 1 saturated carbocycles. The molecule has 0 N–H and O–H groups in total. The van der Waals surface area contributed by atoms with Crippen LogP contribution in [0.1, 0.15) is 24.3 Å². The van der Waals surface area contributed by atoms with Crippen molar-refractivity contribution in [3.63, 3.8) is 0 Å². The van der Waals surface area contributed by atoms with Crippen LogP contribution < -0.4 is 0 Å². The van der Waals surface area contributed by atoms with Gasteiger partial charge in [-0.25, -0.2) is 0 Å². The van der Waals surface area contributed by atoms with Crippen molar-refractivity contribution in [2.75, 3.05) is 0 Å². The topological polar surface area (TPSA) is 24.7 Å². The minimum Gasteiger partial charge on any atom is -0.151 e. The molecule has 0 heterocycles. The van der Waals surface area contributed by atoms with E-state index in [0.29, 0.717) is 5.92 Å². The van der Waals surface area contributed by atoms with Crippen molar-refractivity contribution in [3.05, 3.63) is 60.2 Å². The molecule has 2 heteroatoms. The summed E-state index contributed by atoms with van der Waals surface area (Å²) in [6.45, 7) is 0. The molecule has 0 atom stereocenters. The van der Waals surface area contributed by atoms with Gasteiger partial charge in [0.2, 0.25) is 0 Å². The predicted octanol–water partition coefficient (Wildman–Crippen LogP) is 4.98. The van der Waals surface area contributed by atoms with Crippen molar-refractivity contribution < 1.29 is 0 Å². The highest BCUT2D eigenvalue weighted by Crippen LogP contribution is 2.44. The van der Waals surface area contributed by atoms with Crippen LogP contribution in [0.2, 0.25) is 0 Å². The van der Waals surface area contributed by atoms with Crippen molar-refractivity contribution in [2.45, 2.75) is 18.8 Å². The number of hydrogen-bond donors (Lipinski definition) is 0. The molecule has 2 aromatic carbocycles. The quantitative estimate of drug-likeness (QED) is 0.654. The minimum absolute atomic E-state index is 0.709. The summed E-state index contributed by atoms with van der Waals surface area (Å²) in [6.07, 6.45) is 2.58. The van der Waals surface area contributed by atoms with Crippen molar-refractivity contribution >= 4 is 11.4 Å². The van der Waals surface area contributed by atoms with Crippen LogP contribution in [0.5, 0.6) is 0 Å². The largest absolute Gasteiger partial charge is 0.151 e. The molecule has 0 saturated heterocycles. The Bertz CT molecular complexity index is 528. The molecule has 0 spiro atoms. The van der Waals surface area contributed by atoms with E-state index in [4.69, 9.17) is 0 Å². The third kappa shape index (κ3) is 2.41. The average Bonchev–Trinajstić information content (AvgIpc) is 3.22. The van der Waals surface area contributed by atoms with Crippen LogP contribution in [0.3, 0.4) is 0 Å². The molecular formula is C15H14N2. The molecular weight excluding hydrogens is 208 g/mol. The van der Waals surface area contributed by atoms with Crippen molar-refractivity contribution in [1.82, 2.24) is 0 Å². The van der Waals surface area contributed by atoms with Crippen molar-refractivity contribution in [3.8, 4) is 0 Å². The summed E-state index contributed by atoms with van der Waals surface area (Å²) in [4.78, 5) is 0. The van der Waals surface area contributed by atoms with Crippen LogP contribution in [-0.4, -0.2) is 0 Å². The van der Waals surface area contributed by atoms with E-state index in [-0.39, 0.29) is 0 Å². The molecule has 0 bridgehead atoms. The Balaban J connectivity index is 1.87. The van der Waals surface area contributed by atoms with Gasteiger partial charge in [-0.3, -0.25) is 0 Å². The SMILES string of the molecule is c1ccc(N=Nc2ccccc2C2CC2)cc1. The molecule has 0 aliphatic heterocycles. The van der Waals surface area contributed by atoms with Crippen LogP contribution in [0.4, 0.5) is 11.4 Å². The van der Waals surface area contributed by atoms with E-state index in [0.717, 1.165) is 11.4 Å². The predicted molar refractivity (Wildman–Crippen MR) is 69.0 cm³/mol. The fourth-order valence-electron chi connectivity index (χ4n) is 1.92. The van der Waals surface area contributed by atoms with Gasteiger partial charge in [-0.15, -0.1) is 0 Å². The highest BCUT2D eigenvalue weighted by Gasteiger charge is 2.25. The maximum Gasteiger partial charge on any atom is 0.0891 e. The zero-order chi connectivity index (χ0) is 11.5. The molecule has 0 amide bonds. The smallest absolute Gasteiger partial charge is 0.0891 e. The standard InChI is InChI=1S/C15H14N2/c1-2-6-13(7-3-1)16-17-15-9-5-4-8-14(15)12-10-11-12/h1-9,12H,10-11H2. The lowest BCUT2D eigenvalue weighted by Crippen LogP contribution is -1.78. The summed E-state index contributed by atoms with van der Waals surface area (Å²) in [7, 11) is 0. The second kappa shape index (κ2) is 4.50. The molecule has 1 fully saturated rings. The van der Waals surface area contributed by atoms with Crippen LogP contribution in [0.25, 0.3) is 0 Å². The number of benzene rings is 2. The van der Waals surface area contributed by atoms with Gasteiger partial charge in [0, 0.05) is 0 Å². The molecule has 2 nitrogen and oxygen atoms in total. The summed E-state index contributed by atoms with van der Waals surface area (Å²) >= 11 is 0. The van der Waals surface area contributed by atoms with Gasteiger partial charge < -0.3 is 0 Å². The summed E-state index contributed by atoms with van der Waals surface area (Å²) in [5.41, 5.74) is 3.25. The minimum atomic E-state index is 0.709. The molecule has 3 rings (SSSR count). The van der Waals surface area contributed by atoms with Gasteiger partial charge in [-0.1, -0.05) is 36.4 Å². The van der Waals surface area contributed by atoms with Gasteiger partial charge in [-0.2, -0.15) is 10.2 Å². The highest BCUT2D eigenvalue weighted by molar-refractivity contribution is 5.49. The molecule has 0 radical (unpaired) electrons. The Morgan fingerprint density at radius 1 is 0.765 bits per heavy atom. The van der Waals surface area contributed by atoms with Crippen LogP contribution in [0, 0.1) is 0 Å². The highest BCUT2D eigenvalue weighted by atomic mass is 15.1. The van der Waals surface area contributed by atoms with Crippen LogP contribution in [-0.2, 0) is 0 Å². The second-order valence-electron chi connectivity index (χ2n) is 4.37. The first kappa shape index (κ1) is 10.2. The van der Waals surface area contributed by atoms with E-state index in [9.17, 15) is 0 Å². The fourth-order valence-corrected chi connectivity index (χ4v) is 1.92. The Hall–Kier alpha value is -1.96. The Labute approximate surface area is 101 Å². The van der Waals surface area contributed by atoms with Crippen molar-refractivity contribution in [1.29, 1.82) is 0 Å². The molecule has 84 valence electrons. The first-order chi connectivity index (χ1) is 8.43. The molecule has 2 aromatic rings. The van der Waals surface area contributed by atoms with E-state index in [1.807, 2.05) is 42.5 Å². The normalized spacial score (nSPS) is 15.3. The Kier molecular flexibility index (Phi) is 2.70. The van der Waals surface area contributed by atoms with Gasteiger partial charge in [0.25, 0.3) is 0 Å². The van der Waals surface area contributed by atoms with E-state index in [1.165, 1.54) is 18.4 Å². The first-order valence-corrected chi connectivity index (χ1v) is 5.99. The summed E-state index contributed by atoms with van der Waals surface area (Å²) in [5.74, 6) is 0.709. The zero-order valence-corrected chi connectivity index (χ0v) is 9.58. The third-order valence-electron chi connectivity index (χ3n) is 2.98. The number of azo groups is 1. The van der Waals surface area contributed by atoms with Gasteiger partial charge in [0.05, 0.1) is 11.4 Å². The first-order valence-electron chi connectivity index (χ1n) is 5.99. The molecule has 17 heavy (non-hydrogen) atoms. The lowest BCUT2D eigenvalue weighted by molar-refractivity contribution is 1.10. The van der Waals surface area contributed by atoms with E-state index < -0.39 is 0 Å². The maximum atomic E-state index is 4.36. The molecule has 0 unspecified atom stereocenters. The molecule has 0 aromatic heterocycles. The zero-order valence-electron chi connectivity index (χ0n) is 9.58. The summed E-state index contributed by atoms with van der Waals surface area (Å²) < 4.78 is 0. The lowest BCUT2D eigenvalue weighted by Gasteiger charge is -2.01. The lowest BCUT2D eigenvalue weighted by atomic mass is 10.1. The Morgan fingerprint density at radius 2 is 1.47 bits per heavy atom. The summed E-state index contributed by atoms with van der Waals surface area (Å²) in [6, 6.07) is 18.2. The number of rotatable bonds is 3. The third-order valence-corrected chi connectivity index (χ3v) is 2.98. The number of nitrogens with zero attached hydrogens (tertiary/aromatic N) is 2. The van der Waals surface area contributed by atoms with E-state index in [1.54, 1.807) is 0 Å². The second-order valence-corrected chi connectivity index (χ2v) is 4.37. The fraction of sp³-hybridized carbons (Fsp3) is 0.200.